The van der Waals surface area contributed by atoms with Crippen molar-refractivity contribution in [1.29, 1.82) is 0 Å². The van der Waals surface area contributed by atoms with Crippen molar-refractivity contribution in [2.24, 2.45) is 5.92 Å². The van der Waals surface area contributed by atoms with E-state index in [0.717, 1.165) is 6.07 Å². The van der Waals surface area contributed by atoms with Gasteiger partial charge in [-0.15, -0.1) is 0 Å². The van der Waals surface area contributed by atoms with Gasteiger partial charge in [0.15, 0.2) is 0 Å². The Labute approximate surface area is 116 Å². The number of carbonyl (C=O) groups excluding carboxylic acids is 2. The fraction of sp³-hybridized carbons (Fsp3) is 0.385. The molecule has 4 nitrogen and oxygen atoms in total. The summed E-state index contributed by atoms with van der Waals surface area (Å²) in [5.41, 5.74) is 0.0328. The highest BCUT2D eigenvalue weighted by molar-refractivity contribution is 6.30. The topological polar surface area (TPSA) is 58.2 Å². The van der Waals surface area contributed by atoms with Gasteiger partial charge in [-0.3, -0.25) is 9.59 Å². The third kappa shape index (κ3) is 4.52. The normalized spacial score (nSPS) is 12.1. The first-order chi connectivity index (χ1) is 8.81. The minimum absolute atomic E-state index is 0.0328. The van der Waals surface area contributed by atoms with Crippen molar-refractivity contribution in [2.75, 3.05) is 5.32 Å². The molecule has 2 N–H and O–H groups in total. The number of amides is 2. The summed E-state index contributed by atoms with van der Waals surface area (Å²) in [5, 5.41) is 5.22. The first kappa shape index (κ1) is 15.4. The van der Waals surface area contributed by atoms with Crippen molar-refractivity contribution in [3.63, 3.8) is 0 Å². The predicted molar refractivity (Wildman–Crippen MR) is 72.5 cm³/mol. The van der Waals surface area contributed by atoms with Crippen LogP contribution in [0.15, 0.2) is 18.2 Å². The Morgan fingerprint density at radius 3 is 2.42 bits per heavy atom. The Morgan fingerprint density at radius 1 is 1.32 bits per heavy atom. The van der Waals surface area contributed by atoms with Crippen LogP contribution in [0.3, 0.4) is 0 Å². The Hall–Kier alpha value is -1.62. The van der Waals surface area contributed by atoms with Gasteiger partial charge >= 0.3 is 0 Å². The predicted octanol–water partition coefficient (Wildman–Crippen LogP) is 2.58. The number of carbonyl (C=O) groups is 2. The molecular weight excluding hydrogens is 271 g/mol. The summed E-state index contributed by atoms with van der Waals surface area (Å²) >= 11 is 5.63. The highest BCUT2D eigenvalue weighted by Crippen LogP contribution is 2.19. The molecule has 1 aromatic carbocycles. The molecule has 104 valence electrons. The standard InChI is InChI=1S/C13H16ClFN2O2/c1-7(2)12(16-8(3)18)13(19)17-11-5-4-9(14)6-10(11)15/h4-7,12H,1-3H3,(H,16,18)(H,17,19)/t12-/m1/s1. The smallest absolute Gasteiger partial charge is 0.247 e. The van der Waals surface area contributed by atoms with Gasteiger partial charge in [0.1, 0.15) is 11.9 Å². The molecule has 0 fully saturated rings. The van der Waals surface area contributed by atoms with Crippen molar-refractivity contribution in [3.05, 3.63) is 29.0 Å². The number of rotatable bonds is 4. The van der Waals surface area contributed by atoms with E-state index in [9.17, 15) is 14.0 Å². The zero-order chi connectivity index (χ0) is 14.6. The van der Waals surface area contributed by atoms with Gasteiger partial charge in [0.05, 0.1) is 5.69 Å². The van der Waals surface area contributed by atoms with Crippen LogP contribution in [0.1, 0.15) is 20.8 Å². The average Bonchev–Trinajstić information content (AvgIpc) is 2.29. The maximum atomic E-state index is 13.6. The molecule has 1 atom stereocenters. The second-order valence-corrected chi connectivity index (χ2v) is 4.97. The Kier molecular flexibility index (Phi) is 5.30. The van der Waals surface area contributed by atoms with Crippen LogP contribution in [-0.2, 0) is 9.59 Å². The Bertz CT molecular complexity index is 492. The van der Waals surface area contributed by atoms with Crippen molar-refractivity contribution in [2.45, 2.75) is 26.8 Å². The minimum atomic E-state index is -0.715. The van der Waals surface area contributed by atoms with E-state index >= 15 is 0 Å². The average molecular weight is 287 g/mol. The van der Waals surface area contributed by atoms with Crippen molar-refractivity contribution < 1.29 is 14.0 Å². The van der Waals surface area contributed by atoms with Crippen molar-refractivity contribution in [1.82, 2.24) is 5.32 Å². The lowest BCUT2D eigenvalue weighted by Gasteiger charge is -2.21. The fourth-order valence-electron chi connectivity index (χ4n) is 1.56. The largest absolute Gasteiger partial charge is 0.344 e. The molecule has 0 unspecified atom stereocenters. The van der Waals surface area contributed by atoms with Gasteiger partial charge in [0, 0.05) is 11.9 Å². The molecule has 0 aliphatic carbocycles. The first-order valence-corrected chi connectivity index (χ1v) is 6.22. The molecule has 0 saturated heterocycles. The number of nitrogens with one attached hydrogen (secondary N) is 2. The molecule has 0 spiro atoms. The van der Waals surface area contributed by atoms with E-state index in [4.69, 9.17) is 11.6 Å². The summed E-state index contributed by atoms with van der Waals surface area (Å²) < 4.78 is 13.6. The number of hydrogen-bond donors (Lipinski definition) is 2. The van der Waals surface area contributed by atoms with Crippen LogP contribution >= 0.6 is 11.6 Å². The third-order valence-electron chi connectivity index (χ3n) is 2.50. The third-order valence-corrected chi connectivity index (χ3v) is 2.73. The van der Waals surface area contributed by atoms with Gasteiger partial charge in [-0.05, 0) is 24.1 Å². The summed E-state index contributed by atoms with van der Waals surface area (Å²) in [7, 11) is 0. The van der Waals surface area contributed by atoms with Gasteiger partial charge in [-0.1, -0.05) is 25.4 Å². The van der Waals surface area contributed by atoms with E-state index in [-0.39, 0.29) is 22.5 Å². The molecule has 0 radical (unpaired) electrons. The van der Waals surface area contributed by atoms with E-state index in [2.05, 4.69) is 10.6 Å². The Morgan fingerprint density at radius 2 is 1.95 bits per heavy atom. The molecule has 19 heavy (non-hydrogen) atoms. The second-order valence-electron chi connectivity index (χ2n) is 4.54. The van der Waals surface area contributed by atoms with Crippen LogP contribution in [0.4, 0.5) is 10.1 Å². The molecular formula is C13H16ClFN2O2. The summed E-state index contributed by atoms with van der Waals surface area (Å²) in [6, 6.07) is 3.25. The van der Waals surface area contributed by atoms with Crippen molar-refractivity contribution in [3.8, 4) is 0 Å². The zero-order valence-electron chi connectivity index (χ0n) is 11.0. The summed E-state index contributed by atoms with van der Waals surface area (Å²) in [4.78, 5) is 23.0. The second kappa shape index (κ2) is 6.52. The summed E-state index contributed by atoms with van der Waals surface area (Å²) in [6.45, 7) is 4.91. The molecule has 0 aliphatic rings. The number of halogens is 2. The minimum Gasteiger partial charge on any atom is -0.344 e. The molecule has 0 aliphatic heterocycles. The number of benzene rings is 1. The molecule has 6 heteroatoms. The Balaban J connectivity index is 2.84. The van der Waals surface area contributed by atoms with Crippen LogP contribution in [0.25, 0.3) is 0 Å². The zero-order valence-corrected chi connectivity index (χ0v) is 11.7. The lowest BCUT2D eigenvalue weighted by molar-refractivity contribution is -0.126. The molecule has 1 aromatic rings. The van der Waals surface area contributed by atoms with Gasteiger partial charge in [0.25, 0.3) is 0 Å². The number of hydrogen-bond acceptors (Lipinski definition) is 2. The van der Waals surface area contributed by atoms with E-state index in [1.54, 1.807) is 13.8 Å². The molecule has 0 saturated carbocycles. The van der Waals surface area contributed by atoms with Crippen LogP contribution in [0.5, 0.6) is 0 Å². The molecule has 1 rings (SSSR count). The summed E-state index contributed by atoms with van der Waals surface area (Å²) in [6.07, 6.45) is 0. The van der Waals surface area contributed by atoms with Gasteiger partial charge in [-0.2, -0.15) is 0 Å². The van der Waals surface area contributed by atoms with E-state index in [1.165, 1.54) is 19.1 Å². The van der Waals surface area contributed by atoms with Crippen LogP contribution in [0.2, 0.25) is 5.02 Å². The quantitative estimate of drug-likeness (QED) is 0.894. The van der Waals surface area contributed by atoms with E-state index < -0.39 is 17.8 Å². The highest BCUT2D eigenvalue weighted by atomic mass is 35.5. The molecule has 0 aromatic heterocycles. The van der Waals surface area contributed by atoms with E-state index in [1.807, 2.05) is 0 Å². The van der Waals surface area contributed by atoms with Gasteiger partial charge in [0.2, 0.25) is 11.8 Å². The maximum absolute atomic E-state index is 13.6. The van der Waals surface area contributed by atoms with Crippen LogP contribution in [-0.4, -0.2) is 17.9 Å². The molecule has 0 bridgehead atoms. The van der Waals surface area contributed by atoms with Crippen molar-refractivity contribution >= 4 is 29.1 Å². The lowest BCUT2D eigenvalue weighted by atomic mass is 10.0. The molecule has 0 heterocycles. The monoisotopic (exact) mass is 286 g/mol. The highest BCUT2D eigenvalue weighted by Gasteiger charge is 2.23. The molecule has 2 amide bonds. The number of anilines is 1. The van der Waals surface area contributed by atoms with E-state index in [0.29, 0.717) is 0 Å². The fourth-order valence-corrected chi connectivity index (χ4v) is 1.71. The van der Waals surface area contributed by atoms with Gasteiger partial charge in [-0.25, -0.2) is 4.39 Å². The van der Waals surface area contributed by atoms with Crippen LogP contribution in [0, 0.1) is 11.7 Å². The SMILES string of the molecule is CC(=O)N[C@@H](C(=O)Nc1ccc(Cl)cc1F)C(C)C. The lowest BCUT2D eigenvalue weighted by Crippen LogP contribution is -2.46. The van der Waals surface area contributed by atoms with Crippen LogP contribution < -0.4 is 10.6 Å². The van der Waals surface area contributed by atoms with Gasteiger partial charge < -0.3 is 10.6 Å². The first-order valence-electron chi connectivity index (χ1n) is 5.84. The summed E-state index contributed by atoms with van der Waals surface area (Å²) in [5.74, 6) is -1.51. The maximum Gasteiger partial charge on any atom is 0.247 e.